The minimum Gasteiger partial charge on any atom is -0.491 e. The molecule has 0 spiro atoms. The lowest BCUT2D eigenvalue weighted by Gasteiger charge is -2.26. The minimum atomic E-state index is -0.230. The number of rotatable bonds is 3. The van der Waals surface area contributed by atoms with Crippen molar-refractivity contribution in [3.63, 3.8) is 0 Å². The van der Waals surface area contributed by atoms with Gasteiger partial charge in [-0.3, -0.25) is 4.79 Å². The van der Waals surface area contributed by atoms with Gasteiger partial charge in [-0.2, -0.15) is 5.10 Å². The van der Waals surface area contributed by atoms with E-state index in [1.807, 2.05) is 55.5 Å². The Labute approximate surface area is 179 Å². The Bertz CT molecular complexity index is 1100. The Kier molecular flexibility index (Phi) is 4.87. The third-order valence-electron chi connectivity index (χ3n) is 5.51. The van der Waals surface area contributed by atoms with E-state index in [0.29, 0.717) is 29.6 Å². The summed E-state index contributed by atoms with van der Waals surface area (Å²) in [5.41, 5.74) is 3.01. The average molecular weight is 424 g/mol. The molecule has 1 unspecified atom stereocenters. The molecule has 1 aromatic heterocycles. The van der Waals surface area contributed by atoms with E-state index in [2.05, 4.69) is 10.4 Å². The molecule has 2 aliphatic rings. The number of ether oxygens (including phenoxy) is 2. The maximum Gasteiger partial charge on any atom is 0.272 e. The highest BCUT2D eigenvalue weighted by Crippen LogP contribution is 2.37. The molecule has 0 aliphatic carbocycles. The molecule has 2 aromatic carbocycles. The summed E-state index contributed by atoms with van der Waals surface area (Å²) >= 11 is 6.11. The number of hydrogen-bond donors (Lipinski definition) is 1. The van der Waals surface area contributed by atoms with Gasteiger partial charge in [0.05, 0.1) is 17.7 Å². The number of aromatic nitrogens is 2. The van der Waals surface area contributed by atoms with Crippen molar-refractivity contribution in [1.82, 2.24) is 15.1 Å². The van der Waals surface area contributed by atoms with Crippen LogP contribution in [0.2, 0.25) is 5.02 Å². The molecule has 0 radical (unpaired) electrons. The Hall–Kier alpha value is -2.99. The van der Waals surface area contributed by atoms with Gasteiger partial charge in [0.25, 0.3) is 5.91 Å². The van der Waals surface area contributed by atoms with Crippen molar-refractivity contribution in [2.75, 3.05) is 6.61 Å². The molecule has 0 fully saturated rings. The Balaban J connectivity index is 1.45. The first kappa shape index (κ1) is 19.0. The van der Waals surface area contributed by atoms with Crippen molar-refractivity contribution in [3.05, 3.63) is 64.8 Å². The zero-order valence-corrected chi connectivity index (χ0v) is 17.4. The minimum absolute atomic E-state index is 0.0839. The molecular formula is C23H22ClN3O3. The summed E-state index contributed by atoms with van der Waals surface area (Å²) in [7, 11) is 0. The van der Waals surface area contributed by atoms with Gasteiger partial charge < -0.3 is 14.8 Å². The SMILES string of the molecule is CC1CCn2nc(C(=O)N[C@H]3COc4ccc(Cl)cc4C3)c(-c3ccccc3)c2O1. The van der Waals surface area contributed by atoms with E-state index in [9.17, 15) is 4.79 Å². The molecule has 0 saturated heterocycles. The van der Waals surface area contributed by atoms with Crippen LogP contribution in [-0.2, 0) is 13.0 Å². The summed E-state index contributed by atoms with van der Waals surface area (Å²) < 4.78 is 13.7. The van der Waals surface area contributed by atoms with Crippen molar-refractivity contribution >= 4 is 17.5 Å². The maximum absolute atomic E-state index is 13.3. The number of nitrogens with one attached hydrogen (secondary N) is 1. The molecule has 6 nitrogen and oxygen atoms in total. The van der Waals surface area contributed by atoms with Gasteiger partial charge in [0, 0.05) is 18.0 Å². The van der Waals surface area contributed by atoms with Crippen LogP contribution in [0.15, 0.2) is 48.5 Å². The lowest BCUT2D eigenvalue weighted by Crippen LogP contribution is -2.43. The zero-order valence-electron chi connectivity index (χ0n) is 16.6. The fourth-order valence-corrected chi connectivity index (χ4v) is 4.20. The van der Waals surface area contributed by atoms with Crippen LogP contribution < -0.4 is 14.8 Å². The predicted octanol–water partition coefficient (Wildman–Crippen LogP) is 4.11. The fourth-order valence-electron chi connectivity index (χ4n) is 4.00. The number of fused-ring (bicyclic) bond motifs is 2. The van der Waals surface area contributed by atoms with Crippen LogP contribution in [0.3, 0.4) is 0 Å². The molecule has 2 atom stereocenters. The first-order chi connectivity index (χ1) is 14.6. The second-order valence-corrected chi connectivity index (χ2v) is 8.21. The highest BCUT2D eigenvalue weighted by atomic mass is 35.5. The number of nitrogens with zero attached hydrogens (tertiary/aromatic N) is 2. The van der Waals surface area contributed by atoms with Crippen LogP contribution in [0.25, 0.3) is 11.1 Å². The Morgan fingerprint density at radius 3 is 2.90 bits per heavy atom. The van der Waals surface area contributed by atoms with Crippen LogP contribution in [-0.4, -0.2) is 34.4 Å². The summed E-state index contributed by atoms with van der Waals surface area (Å²) in [5.74, 6) is 1.24. The summed E-state index contributed by atoms with van der Waals surface area (Å²) in [6.45, 7) is 3.16. The number of carbonyl (C=O) groups excluding carboxylic acids is 1. The van der Waals surface area contributed by atoms with E-state index in [0.717, 1.165) is 35.4 Å². The number of hydrogen-bond acceptors (Lipinski definition) is 4. The first-order valence-corrected chi connectivity index (χ1v) is 10.5. The van der Waals surface area contributed by atoms with Crippen molar-refractivity contribution in [3.8, 4) is 22.8 Å². The summed E-state index contributed by atoms with van der Waals surface area (Å²) in [4.78, 5) is 13.3. The second kappa shape index (κ2) is 7.69. The molecule has 5 rings (SSSR count). The molecule has 154 valence electrons. The number of aryl methyl sites for hydroxylation is 1. The van der Waals surface area contributed by atoms with Crippen LogP contribution in [0, 0.1) is 0 Å². The smallest absolute Gasteiger partial charge is 0.272 e. The number of benzene rings is 2. The largest absolute Gasteiger partial charge is 0.491 e. The lowest BCUT2D eigenvalue weighted by atomic mass is 10.0. The molecule has 3 heterocycles. The number of halogens is 1. The van der Waals surface area contributed by atoms with Gasteiger partial charge in [-0.1, -0.05) is 41.9 Å². The zero-order chi connectivity index (χ0) is 20.7. The molecule has 30 heavy (non-hydrogen) atoms. The highest BCUT2D eigenvalue weighted by Gasteiger charge is 2.31. The third kappa shape index (κ3) is 3.52. The summed E-state index contributed by atoms with van der Waals surface area (Å²) in [6.07, 6.45) is 1.60. The van der Waals surface area contributed by atoms with E-state index in [1.54, 1.807) is 4.68 Å². The van der Waals surface area contributed by atoms with Gasteiger partial charge in [0.1, 0.15) is 12.4 Å². The third-order valence-corrected chi connectivity index (χ3v) is 5.74. The van der Waals surface area contributed by atoms with E-state index in [4.69, 9.17) is 21.1 Å². The van der Waals surface area contributed by atoms with E-state index in [1.165, 1.54) is 0 Å². The summed E-state index contributed by atoms with van der Waals surface area (Å²) in [6, 6.07) is 15.2. The van der Waals surface area contributed by atoms with E-state index in [-0.39, 0.29) is 18.1 Å². The van der Waals surface area contributed by atoms with Gasteiger partial charge in [0.15, 0.2) is 5.69 Å². The van der Waals surface area contributed by atoms with Gasteiger partial charge in [0.2, 0.25) is 5.88 Å². The fraction of sp³-hybridized carbons (Fsp3) is 0.304. The average Bonchev–Trinajstić information content (AvgIpc) is 3.13. The number of carbonyl (C=O) groups is 1. The first-order valence-electron chi connectivity index (χ1n) is 10.1. The van der Waals surface area contributed by atoms with Crippen molar-refractivity contribution < 1.29 is 14.3 Å². The predicted molar refractivity (Wildman–Crippen MR) is 114 cm³/mol. The Morgan fingerprint density at radius 1 is 1.23 bits per heavy atom. The number of amides is 1. The van der Waals surface area contributed by atoms with Crippen LogP contribution >= 0.6 is 11.6 Å². The summed E-state index contributed by atoms with van der Waals surface area (Å²) in [5, 5.41) is 8.35. The molecule has 3 aromatic rings. The van der Waals surface area contributed by atoms with Crippen LogP contribution in [0.1, 0.15) is 29.4 Å². The van der Waals surface area contributed by atoms with Crippen molar-refractivity contribution in [2.24, 2.45) is 0 Å². The normalized spacial score (nSPS) is 19.8. The van der Waals surface area contributed by atoms with Gasteiger partial charge in [-0.15, -0.1) is 0 Å². The van der Waals surface area contributed by atoms with Crippen molar-refractivity contribution in [2.45, 2.75) is 38.5 Å². The quantitative estimate of drug-likeness (QED) is 0.688. The van der Waals surface area contributed by atoms with Crippen LogP contribution in [0.4, 0.5) is 0 Å². The second-order valence-electron chi connectivity index (χ2n) is 7.77. The maximum atomic E-state index is 13.3. The molecule has 0 saturated carbocycles. The van der Waals surface area contributed by atoms with Crippen molar-refractivity contribution in [1.29, 1.82) is 0 Å². The molecule has 7 heteroatoms. The molecule has 2 aliphatic heterocycles. The highest BCUT2D eigenvalue weighted by molar-refractivity contribution is 6.30. The van der Waals surface area contributed by atoms with Gasteiger partial charge in [-0.05, 0) is 42.7 Å². The molecule has 0 bridgehead atoms. The van der Waals surface area contributed by atoms with Gasteiger partial charge >= 0.3 is 0 Å². The monoisotopic (exact) mass is 423 g/mol. The van der Waals surface area contributed by atoms with Gasteiger partial charge in [-0.25, -0.2) is 4.68 Å². The topological polar surface area (TPSA) is 65.4 Å². The lowest BCUT2D eigenvalue weighted by molar-refractivity contribution is 0.0910. The molecule has 1 amide bonds. The standard InChI is InChI=1S/C23H22ClN3O3/c1-14-9-10-27-23(30-14)20(15-5-3-2-4-6-15)21(26-27)22(28)25-18-12-16-11-17(24)7-8-19(16)29-13-18/h2-8,11,14,18H,9-10,12-13H2,1H3,(H,25,28)/t14?,18-/m1/s1. The van der Waals surface area contributed by atoms with E-state index < -0.39 is 0 Å². The van der Waals surface area contributed by atoms with E-state index >= 15 is 0 Å². The van der Waals surface area contributed by atoms with Crippen LogP contribution in [0.5, 0.6) is 11.6 Å². The molecule has 1 N–H and O–H groups in total. The Morgan fingerprint density at radius 2 is 2.07 bits per heavy atom. The molecular weight excluding hydrogens is 402 g/mol.